The van der Waals surface area contributed by atoms with Gasteiger partial charge < -0.3 is 21.5 Å². The molecule has 0 saturated heterocycles. The summed E-state index contributed by atoms with van der Waals surface area (Å²) >= 11 is 1.62. The number of aliphatic hydroxyl groups excluding tert-OH is 1. The Bertz CT molecular complexity index is 264. The van der Waals surface area contributed by atoms with Gasteiger partial charge in [-0.25, -0.2) is 0 Å². The van der Waals surface area contributed by atoms with Crippen molar-refractivity contribution in [2.24, 2.45) is 5.73 Å². The number of aliphatic hydroxyl groups is 1. The summed E-state index contributed by atoms with van der Waals surface area (Å²) in [6.07, 6.45) is 1.74. The quantitative estimate of drug-likeness (QED) is 0.408. The van der Waals surface area contributed by atoms with E-state index in [1.807, 2.05) is 6.26 Å². The fraction of sp³-hybridized carbons (Fsp3) is 0.818. The number of carbonyl (C=O) groups excluding carboxylic acids is 2. The molecule has 5 N–H and O–H groups in total. The zero-order valence-corrected chi connectivity index (χ0v) is 11.8. The van der Waals surface area contributed by atoms with Gasteiger partial charge in [-0.05, 0) is 18.4 Å². The number of rotatable bonds is 9. The predicted molar refractivity (Wildman–Crippen MR) is 73.3 cm³/mol. The molecule has 0 aromatic heterocycles. The van der Waals surface area contributed by atoms with Crippen molar-refractivity contribution in [3.05, 3.63) is 0 Å². The first-order valence-electron chi connectivity index (χ1n) is 5.99. The molecule has 0 saturated carbocycles. The molecule has 2 amide bonds. The monoisotopic (exact) mass is 277 g/mol. The van der Waals surface area contributed by atoms with Crippen LogP contribution in [0.1, 0.15) is 19.8 Å². The standard InChI is InChI=1S/C11H23N3O3S/c1-3-9(15)13-5-6-14-11(17)10(16)8(12)4-7-18-2/h8,10,16H,3-7,12H2,1-2H3,(H,13,15)(H,14,17)/t8-,10?/m1/s1. The van der Waals surface area contributed by atoms with E-state index in [1.165, 1.54) is 0 Å². The molecule has 6 nitrogen and oxygen atoms in total. The average molecular weight is 277 g/mol. The summed E-state index contributed by atoms with van der Waals surface area (Å²) < 4.78 is 0. The lowest BCUT2D eigenvalue weighted by molar-refractivity contribution is -0.130. The molecule has 0 bridgehead atoms. The van der Waals surface area contributed by atoms with E-state index < -0.39 is 18.1 Å². The molecule has 0 aromatic rings. The summed E-state index contributed by atoms with van der Waals surface area (Å²) in [5.41, 5.74) is 5.68. The molecule has 0 heterocycles. The number of nitrogens with two attached hydrogens (primary N) is 1. The summed E-state index contributed by atoms with van der Waals surface area (Å²) in [5.74, 6) is 0.244. The van der Waals surface area contributed by atoms with Crippen LogP contribution in [-0.2, 0) is 9.59 Å². The fourth-order valence-corrected chi connectivity index (χ4v) is 1.73. The van der Waals surface area contributed by atoms with Crippen LogP contribution >= 0.6 is 11.8 Å². The third-order valence-corrected chi connectivity index (χ3v) is 3.04. The van der Waals surface area contributed by atoms with Gasteiger partial charge in [-0.1, -0.05) is 6.92 Å². The third-order valence-electron chi connectivity index (χ3n) is 2.40. The Balaban J connectivity index is 3.76. The zero-order valence-electron chi connectivity index (χ0n) is 10.9. The second kappa shape index (κ2) is 10.2. The van der Waals surface area contributed by atoms with Gasteiger partial charge in [0.15, 0.2) is 0 Å². The molecule has 0 fully saturated rings. The Hall–Kier alpha value is -0.790. The number of carbonyl (C=O) groups is 2. The van der Waals surface area contributed by atoms with Crippen molar-refractivity contribution in [1.82, 2.24) is 10.6 Å². The van der Waals surface area contributed by atoms with Gasteiger partial charge in [-0.2, -0.15) is 11.8 Å². The Morgan fingerprint density at radius 2 is 1.94 bits per heavy atom. The first kappa shape index (κ1) is 17.2. The van der Waals surface area contributed by atoms with E-state index in [9.17, 15) is 14.7 Å². The number of amides is 2. The van der Waals surface area contributed by atoms with E-state index >= 15 is 0 Å². The van der Waals surface area contributed by atoms with Gasteiger partial charge in [0.1, 0.15) is 6.10 Å². The average Bonchev–Trinajstić information content (AvgIpc) is 2.39. The van der Waals surface area contributed by atoms with E-state index in [0.717, 1.165) is 5.75 Å². The molecule has 1 unspecified atom stereocenters. The normalized spacial score (nSPS) is 13.8. The molecule has 0 aliphatic carbocycles. The van der Waals surface area contributed by atoms with Crippen molar-refractivity contribution < 1.29 is 14.7 Å². The highest BCUT2D eigenvalue weighted by Crippen LogP contribution is 2.02. The molecular formula is C11H23N3O3S. The number of thioether (sulfide) groups is 1. The molecule has 0 radical (unpaired) electrons. The molecule has 0 aliphatic rings. The van der Waals surface area contributed by atoms with Gasteiger partial charge in [0.25, 0.3) is 5.91 Å². The maximum Gasteiger partial charge on any atom is 0.250 e. The number of nitrogens with one attached hydrogen (secondary N) is 2. The Morgan fingerprint density at radius 1 is 1.33 bits per heavy atom. The van der Waals surface area contributed by atoms with Crippen LogP contribution in [0.5, 0.6) is 0 Å². The van der Waals surface area contributed by atoms with Gasteiger partial charge >= 0.3 is 0 Å². The van der Waals surface area contributed by atoms with Gasteiger partial charge in [-0.3, -0.25) is 9.59 Å². The third kappa shape index (κ3) is 7.52. The molecule has 0 aliphatic heterocycles. The Kier molecular flexibility index (Phi) is 9.72. The van der Waals surface area contributed by atoms with Crippen LogP contribution in [0.25, 0.3) is 0 Å². The Morgan fingerprint density at radius 3 is 2.50 bits per heavy atom. The first-order chi connectivity index (χ1) is 8.52. The van der Waals surface area contributed by atoms with Crippen LogP contribution in [0.2, 0.25) is 0 Å². The van der Waals surface area contributed by atoms with Crippen molar-refractivity contribution in [1.29, 1.82) is 0 Å². The first-order valence-corrected chi connectivity index (χ1v) is 7.39. The van der Waals surface area contributed by atoms with E-state index in [1.54, 1.807) is 18.7 Å². The highest BCUT2D eigenvalue weighted by atomic mass is 32.2. The lowest BCUT2D eigenvalue weighted by Gasteiger charge is -2.18. The van der Waals surface area contributed by atoms with Crippen LogP contribution in [0.3, 0.4) is 0 Å². The van der Waals surface area contributed by atoms with E-state index in [4.69, 9.17) is 5.73 Å². The maximum atomic E-state index is 11.5. The fourth-order valence-electron chi connectivity index (χ4n) is 1.22. The summed E-state index contributed by atoms with van der Waals surface area (Å²) in [5, 5.41) is 14.8. The molecule has 0 aromatic carbocycles. The summed E-state index contributed by atoms with van der Waals surface area (Å²) in [4.78, 5) is 22.4. The van der Waals surface area contributed by atoms with Crippen LogP contribution in [0.15, 0.2) is 0 Å². The molecule has 2 atom stereocenters. The highest BCUT2D eigenvalue weighted by molar-refractivity contribution is 7.98. The lowest BCUT2D eigenvalue weighted by Crippen LogP contribution is -2.48. The molecule has 0 spiro atoms. The second-order valence-corrected chi connectivity index (χ2v) is 4.87. The molecular weight excluding hydrogens is 254 g/mol. The van der Waals surface area contributed by atoms with Gasteiger partial charge in [0.05, 0.1) is 0 Å². The van der Waals surface area contributed by atoms with Crippen molar-refractivity contribution in [2.45, 2.75) is 31.9 Å². The van der Waals surface area contributed by atoms with Crippen molar-refractivity contribution in [3.63, 3.8) is 0 Å². The highest BCUT2D eigenvalue weighted by Gasteiger charge is 2.21. The minimum absolute atomic E-state index is 0.0681. The minimum Gasteiger partial charge on any atom is -0.382 e. The van der Waals surface area contributed by atoms with Crippen LogP contribution < -0.4 is 16.4 Å². The molecule has 106 valence electrons. The van der Waals surface area contributed by atoms with Gasteiger partial charge in [0, 0.05) is 25.6 Å². The minimum atomic E-state index is -1.20. The van der Waals surface area contributed by atoms with Crippen molar-refractivity contribution >= 4 is 23.6 Å². The smallest absolute Gasteiger partial charge is 0.250 e. The number of hydrogen-bond acceptors (Lipinski definition) is 5. The zero-order chi connectivity index (χ0) is 14.0. The topological polar surface area (TPSA) is 104 Å². The van der Waals surface area contributed by atoms with Gasteiger partial charge in [0.2, 0.25) is 5.91 Å². The van der Waals surface area contributed by atoms with Crippen LogP contribution in [0, 0.1) is 0 Å². The van der Waals surface area contributed by atoms with Crippen molar-refractivity contribution in [3.8, 4) is 0 Å². The summed E-state index contributed by atoms with van der Waals surface area (Å²) in [7, 11) is 0. The maximum absolute atomic E-state index is 11.5. The Labute approximate surface area is 112 Å². The summed E-state index contributed by atoms with van der Waals surface area (Å²) in [6, 6.07) is -0.553. The second-order valence-electron chi connectivity index (χ2n) is 3.88. The lowest BCUT2D eigenvalue weighted by atomic mass is 10.1. The molecule has 18 heavy (non-hydrogen) atoms. The van der Waals surface area contributed by atoms with Crippen molar-refractivity contribution in [2.75, 3.05) is 25.1 Å². The van der Waals surface area contributed by atoms with Crippen LogP contribution in [0.4, 0.5) is 0 Å². The number of hydrogen-bond donors (Lipinski definition) is 4. The predicted octanol–water partition coefficient (Wildman–Crippen LogP) is -0.930. The largest absolute Gasteiger partial charge is 0.382 e. The van der Waals surface area contributed by atoms with Gasteiger partial charge in [-0.15, -0.1) is 0 Å². The van der Waals surface area contributed by atoms with E-state index in [0.29, 0.717) is 19.4 Å². The summed E-state index contributed by atoms with van der Waals surface area (Å²) in [6.45, 7) is 2.39. The molecule has 7 heteroatoms. The van der Waals surface area contributed by atoms with E-state index in [2.05, 4.69) is 10.6 Å². The SMILES string of the molecule is CCC(=O)NCCNC(=O)C(O)[C@H](N)CCSC. The van der Waals surface area contributed by atoms with E-state index in [-0.39, 0.29) is 12.5 Å². The van der Waals surface area contributed by atoms with Crippen LogP contribution in [-0.4, -0.2) is 54.2 Å². The molecule has 0 rings (SSSR count).